The lowest BCUT2D eigenvalue weighted by molar-refractivity contribution is -0.142. The van der Waals surface area contributed by atoms with E-state index in [2.05, 4.69) is 42.2 Å². The van der Waals surface area contributed by atoms with Crippen molar-refractivity contribution in [2.75, 3.05) is 26.7 Å². The average molecular weight is 1150 g/mol. The van der Waals surface area contributed by atoms with Gasteiger partial charge in [0, 0.05) is 72.4 Å². The summed E-state index contributed by atoms with van der Waals surface area (Å²) in [5, 5.41) is 13.6. The molecule has 22 heteroatoms. The highest BCUT2D eigenvalue weighted by Crippen LogP contribution is 2.40. The Morgan fingerprint density at radius 1 is 0.880 bits per heavy atom. The molecule has 4 N–H and O–H groups in total. The summed E-state index contributed by atoms with van der Waals surface area (Å²) in [6.45, 7) is 14.6. The lowest BCUT2D eigenvalue weighted by atomic mass is 10.0. The molecular formula is C53H70BrClF2N8O9S. The first-order valence-corrected chi connectivity index (χ1v) is 26.8. The zero-order valence-corrected chi connectivity index (χ0v) is 47.4. The first-order chi connectivity index (χ1) is 35.1. The van der Waals surface area contributed by atoms with Gasteiger partial charge in [0.15, 0.2) is 0 Å². The standard InChI is InChI=1S/C53H70BrClF2N8O9S/c1-51(2,3)72-48(69)59-25-16-20-38-44(66)62-39(19-13-14-26-64(31-42(56)57)49(70)73-52(4,5)6)47(68)63(10)41(27-33-30-65(50(71)74-53(7,8)9)40-21-12-11-18-34(33)40)45(67)61-29-35-36(54)22-23-37(55)43(35)75-46-32(28-60-38)17-15-24-58-46/h11-12,15,17-18,21-24,30,38-39,41-42,60H,13-14,16,19-20,25-29,31H2,1-10H3,(H,59,69)(H,61,67)(H,62,66)/t38-,39-,41-/m0/s1. The van der Waals surface area contributed by atoms with E-state index >= 15 is 4.79 Å². The van der Waals surface area contributed by atoms with Crippen LogP contribution in [0.25, 0.3) is 10.9 Å². The van der Waals surface area contributed by atoms with Crippen LogP contribution in [0, 0.1) is 0 Å². The molecule has 1 aliphatic heterocycles. The average Bonchev–Trinajstić information content (AvgIpc) is 3.68. The Morgan fingerprint density at radius 2 is 1.56 bits per heavy atom. The van der Waals surface area contributed by atoms with Crippen molar-refractivity contribution in [3.05, 3.63) is 87.1 Å². The number of likely N-dealkylation sites (N-methyl/N-ethyl adjacent to an activating group) is 1. The summed E-state index contributed by atoms with van der Waals surface area (Å²) in [5.74, 6) is -1.80. The minimum absolute atomic E-state index is 0.0345. The number of alkyl carbamates (subject to hydrolysis) is 1. The highest BCUT2D eigenvalue weighted by atomic mass is 79.9. The molecule has 5 rings (SSSR count). The third-order valence-corrected chi connectivity index (χ3v) is 13.9. The molecule has 0 unspecified atom stereocenters. The Balaban J connectivity index is 1.59. The number of para-hydroxylation sites is 1. The molecule has 410 valence electrons. The first kappa shape index (κ1) is 60.4. The zero-order chi connectivity index (χ0) is 55.4. The molecule has 1 aliphatic rings. The SMILES string of the molecule is CN1C(=O)[C@H](CCCCN(CC(F)F)C(=O)OC(C)(C)C)NC(=O)[C@H](CCCNC(=O)OC(C)(C)C)NCc2cccnc2Sc2c(Cl)ccc(Br)c2CNC(=O)[C@@H]1Cc1cn(C(=O)OC(C)(C)C)c2ccccc12. The predicted molar refractivity (Wildman–Crippen MR) is 287 cm³/mol. The van der Waals surface area contributed by atoms with E-state index in [9.17, 15) is 32.8 Å². The van der Waals surface area contributed by atoms with Crippen LogP contribution in [-0.2, 0) is 48.1 Å². The van der Waals surface area contributed by atoms with Crippen molar-refractivity contribution in [1.82, 2.24) is 40.6 Å². The second-order valence-corrected chi connectivity index (χ2v) is 23.5. The van der Waals surface area contributed by atoms with Gasteiger partial charge in [-0.15, -0.1) is 0 Å². The van der Waals surface area contributed by atoms with E-state index in [0.717, 1.165) is 4.90 Å². The van der Waals surface area contributed by atoms with Gasteiger partial charge >= 0.3 is 18.3 Å². The quantitative estimate of drug-likeness (QED) is 0.0730. The Hall–Kier alpha value is -5.51. The number of nitrogens with zero attached hydrogens (tertiary/aromatic N) is 4. The number of alkyl halides is 2. The summed E-state index contributed by atoms with van der Waals surface area (Å²) < 4.78 is 46.1. The van der Waals surface area contributed by atoms with Crippen LogP contribution in [0.4, 0.5) is 23.2 Å². The molecule has 2 aromatic heterocycles. The number of aromatic nitrogens is 2. The Bertz CT molecular complexity index is 2670. The summed E-state index contributed by atoms with van der Waals surface area (Å²) in [5.41, 5.74) is -0.135. The van der Waals surface area contributed by atoms with Crippen molar-refractivity contribution in [2.24, 2.45) is 0 Å². The number of hydrogen-bond acceptors (Lipinski definition) is 12. The Labute approximate surface area is 455 Å². The number of halogens is 4. The molecule has 17 nitrogen and oxygen atoms in total. The molecule has 3 atom stereocenters. The lowest BCUT2D eigenvalue weighted by Crippen LogP contribution is -2.57. The molecule has 0 radical (unpaired) electrons. The molecule has 3 heterocycles. The third-order valence-electron chi connectivity index (χ3n) is 11.5. The molecule has 0 aliphatic carbocycles. The number of amides is 5. The van der Waals surface area contributed by atoms with Crippen molar-refractivity contribution in [3.63, 3.8) is 0 Å². The fraction of sp³-hybridized carbons (Fsp3) is 0.528. The molecule has 75 heavy (non-hydrogen) atoms. The number of pyridine rings is 1. The van der Waals surface area contributed by atoms with E-state index < -0.39 is 83.9 Å². The maximum absolute atomic E-state index is 15.2. The fourth-order valence-corrected chi connectivity index (χ4v) is 10.0. The van der Waals surface area contributed by atoms with E-state index in [1.165, 1.54) is 28.3 Å². The normalized spacial score (nSPS) is 17.3. The molecule has 4 aromatic rings. The second kappa shape index (κ2) is 26.5. The molecule has 5 amide bonds. The predicted octanol–water partition coefficient (Wildman–Crippen LogP) is 10.0. The smallest absolute Gasteiger partial charge is 0.419 e. The minimum Gasteiger partial charge on any atom is -0.444 e. The van der Waals surface area contributed by atoms with Gasteiger partial charge in [0.05, 0.1) is 23.1 Å². The van der Waals surface area contributed by atoms with Gasteiger partial charge in [-0.1, -0.05) is 63.6 Å². The zero-order valence-electron chi connectivity index (χ0n) is 44.2. The van der Waals surface area contributed by atoms with E-state index in [-0.39, 0.29) is 58.3 Å². The number of carbonyl (C=O) groups excluding carboxylic acids is 6. The van der Waals surface area contributed by atoms with Crippen LogP contribution >= 0.6 is 39.3 Å². The van der Waals surface area contributed by atoms with E-state index in [1.807, 2.05) is 6.07 Å². The fourth-order valence-electron chi connectivity index (χ4n) is 8.08. The molecule has 0 saturated heterocycles. The number of unbranched alkanes of at least 4 members (excludes halogenated alkanes) is 1. The van der Waals surface area contributed by atoms with Crippen LogP contribution in [0.2, 0.25) is 5.02 Å². The summed E-state index contributed by atoms with van der Waals surface area (Å²) in [6, 6.07) is 10.7. The van der Waals surface area contributed by atoms with Crippen LogP contribution in [0.3, 0.4) is 0 Å². The number of ether oxygens (including phenoxy) is 3. The van der Waals surface area contributed by atoms with Gasteiger partial charge in [-0.25, -0.2) is 28.1 Å². The van der Waals surface area contributed by atoms with Crippen molar-refractivity contribution in [3.8, 4) is 0 Å². The van der Waals surface area contributed by atoms with Crippen molar-refractivity contribution >= 4 is 86.2 Å². The molecule has 0 bridgehead atoms. The number of hydrogen-bond donors (Lipinski definition) is 4. The minimum atomic E-state index is -2.85. The molecule has 2 aromatic carbocycles. The number of nitrogens with one attached hydrogen (secondary N) is 4. The van der Waals surface area contributed by atoms with Crippen LogP contribution in [0.5, 0.6) is 0 Å². The number of fused-ring (bicyclic) bond motifs is 3. The second-order valence-electron chi connectivity index (χ2n) is 21.2. The maximum atomic E-state index is 15.2. The van der Waals surface area contributed by atoms with Gasteiger partial charge in [-0.2, -0.15) is 0 Å². The van der Waals surface area contributed by atoms with E-state index in [0.29, 0.717) is 53.4 Å². The van der Waals surface area contributed by atoms with Crippen molar-refractivity contribution < 1.29 is 51.8 Å². The molecular weight excluding hydrogens is 1080 g/mol. The lowest BCUT2D eigenvalue weighted by Gasteiger charge is -2.32. The molecule has 0 saturated carbocycles. The van der Waals surface area contributed by atoms with Crippen LogP contribution in [-0.4, -0.2) is 123 Å². The number of carbonyl (C=O) groups is 6. The van der Waals surface area contributed by atoms with Gasteiger partial charge in [0.1, 0.15) is 33.9 Å². The molecule has 0 spiro atoms. The van der Waals surface area contributed by atoms with Crippen LogP contribution < -0.4 is 21.3 Å². The summed E-state index contributed by atoms with van der Waals surface area (Å²) in [7, 11) is 1.46. The van der Waals surface area contributed by atoms with Gasteiger partial charge in [0.2, 0.25) is 17.7 Å². The number of benzene rings is 2. The van der Waals surface area contributed by atoms with Crippen molar-refractivity contribution in [2.45, 2.75) is 165 Å². The maximum Gasteiger partial charge on any atom is 0.419 e. The van der Waals surface area contributed by atoms with Gasteiger partial charge in [-0.3, -0.25) is 19.0 Å². The van der Waals surface area contributed by atoms with Crippen molar-refractivity contribution in [1.29, 1.82) is 0 Å². The summed E-state index contributed by atoms with van der Waals surface area (Å²) in [4.78, 5) is 91.6. The Kier molecular flexibility index (Phi) is 21.3. The topological polar surface area (TPSA) is 203 Å². The van der Waals surface area contributed by atoms with E-state index in [1.54, 1.807) is 117 Å². The van der Waals surface area contributed by atoms with Gasteiger partial charge in [0.25, 0.3) is 6.43 Å². The van der Waals surface area contributed by atoms with E-state index in [4.69, 9.17) is 25.8 Å². The van der Waals surface area contributed by atoms with Crippen LogP contribution in [0.1, 0.15) is 111 Å². The summed E-state index contributed by atoms with van der Waals surface area (Å²) >= 11 is 11.9. The third kappa shape index (κ3) is 18.3. The van der Waals surface area contributed by atoms with Gasteiger partial charge in [-0.05, 0) is 130 Å². The molecule has 0 fully saturated rings. The summed E-state index contributed by atoms with van der Waals surface area (Å²) in [6.07, 6.45) is -1.19. The van der Waals surface area contributed by atoms with Crippen LogP contribution in [0.15, 0.2) is 75.3 Å². The highest BCUT2D eigenvalue weighted by molar-refractivity contribution is 9.10. The van der Waals surface area contributed by atoms with Gasteiger partial charge < -0.3 is 45.3 Å². The highest BCUT2D eigenvalue weighted by Gasteiger charge is 2.36. The monoisotopic (exact) mass is 1150 g/mol. The first-order valence-electron chi connectivity index (χ1n) is 24.8. The Morgan fingerprint density at radius 3 is 2.24 bits per heavy atom. The number of rotatable bonds is 13. The largest absolute Gasteiger partial charge is 0.444 e.